The Bertz CT molecular complexity index is 1030. The molecule has 1 amide bonds. The molecule has 9 heteroatoms. The van der Waals surface area contributed by atoms with E-state index in [2.05, 4.69) is 10.3 Å². The van der Waals surface area contributed by atoms with Crippen molar-refractivity contribution in [3.8, 4) is 11.3 Å². The first-order chi connectivity index (χ1) is 12.9. The molecule has 1 aromatic heterocycles. The van der Waals surface area contributed by atoms with E-state index in [-0.39, 0.29) is 11.6 Å². The normalized spacial score (nSPS) is 10.9. The van der Waals surface area contributed by atoms with Crippen LogP contribution in [-0.2, 0) is 4.79 Å². The zero-order chi connectivity index (χ0) is 19.4. The minimum atomic E-state index is -0.480. The smallest absolute Gasteiger partial charge is 0.269 e. The van der Waals surface area contributed by atoms with Gasteiger partial charge in [0.15, 0.2) is 5.13 Å². The number of carbonyl (C=O) groups excluding carboxylic acids is 1. The van der Waals surface area contributed by atoms with Crippen LogP contribution in [0.4, 0.5) is 10.8 Å². The van der Waals surface area contributed by atoms with Crippen LogP contribution < -0.4 is 5.32 Å². The van der Waals surface area contributed by atoms with Gasteiger partial charge in [-0.2, -0.15) is 0 Å². The van der Waals surface area contributed by atoms with Crippen molar-refractivity contribution < 1.29 is 9.72 Å². The predicted molar refractivity (Wildman–Crippen MR) is 108 cm³/mol. The van der Waals surface area contributed by atoms with Gasteiger partial charge in [-0.1, -0.05) is 23.2 Å². The summed E-state index contributed by atoms with van der Waals surface area (Å²) in [7, 11) is 0. The number of hydrogen-bond donors (Lipinski definition) is 1. The van der Waals surface area contributed by atoms with Gasteiger partial charge in [-0.25, -0.2) is 4.98 Å². The van der Waals surface area contributed by atoms with E-state index in [0.717, 1.165) is 0 Å². The predicted octanol–water partition coefficient (Wildman–Crippen LogP) is 5.68. The number of nitro benzene ring substituents is 1. The number of halogens is 2. The molecule has 27 heavy (non-hydrogen) atoms. The maximum Gasteiger partial charge on any atom is 0.269 e. The molecule has 2 aromatic carbocycles. The van der Waals surface area contributed by atoms with Crippen LogP contribution in [-0.4, -0.2) is 15.8 Å². The second-order valence-electron chi connectivity index (χ2n) is 5.33. The van der Waals surface area contributed by atoms with Crippen LogP contribution in [0.15, 0.2) is 53.9 Å². The van der Waals surface area contributed by atoms with Gasteiger partial charge in [-0.15, -0.1) is 11.3 Å². The molecule has 3 rings (SSSR count). The Morgan fingerprint density at radius 3 is 2.63 bits per heavy atom. The summed E-state index contributed by atoms with van der Waals surface area (Å²) < 4.78 is 0. The third-order valence-electron chi connectivity index (χ3n) is 3.47. The minimum absolute atomic E-state index is 0.00778. The van der Waals surface area contributed by atoms with Gasteiger partial charge in [0.2, 0.25) is 5.91 Å². The number of benzene rings is 2. The fraction of sp³-hybridized carbons (Fsp3) is 0. The van der Waals surface area contributed by atoms with E-state index in [1.54, 1.807) is 41.8 Å². The molecule has 0 saturated heterocycles. The number of aromatic nitrogens is 1. The summed E-state index contributed by atoms with van der Waals surface area (Å²) in [6, 6.07) is 10.9. The summed E-state index contributed by atoms with van der Waals surface area (Å²) in [6.07, 6.45) is 2.88. The van der Waals surface area contributed by atoms with Crippen molar-refractivity contribution in [3.05, 3.63) is 79.6 Å². The van der Waals surface area contributed by atoms with Gasteiger partial charge in [0.1, 0.15) is 0 Å². The van der Waals surface area contributed by atoms with E-state index < -0.39 is 4.92 Å². The molecular formula is C18H11Cl2N3O3S. The standard InChI is InChI=1S/C18H11Cl2N3O3S/c19-12-4-7-15(20)14(9-12)16-10-27-18(21-16)22-17(24)8-3-11-1-5-13(6-2-11)23(25)26/h1-10H,(H,21,22,24). The molecule has 0 fully saturated rings. The van der Waals surface area contributed by atoms with Crippen molar-refractivity contribution in [2.75, 3.05) is 5.32 Å². The molecule has 0 spiro atoms. The highest BCUT2D eigenvalue weighted by Gasteiger charge is 2.10. The van der Waals surface area contributed by atoms with E-state index >= 15 is 0 Å². The van der Waals surface area contributed by atoms with Gasteiger partial charge in [-0.3, -0.25) is 20.2 Å². The van der Waals surface area contributed by atoms with E-state index in [1.165, 1.54) is 29.5 Å². The summed E-state index contributed by atoms with van der Waals surface area (Å²) in [5.41, 5.74) is 1.96. The molecule has 0 aliphatic heterocycles. The van der Waals surface area contributed by atoms with Gasteiger partial charge in [0.05, 0.1) is 15.6 Å². The largest absolute Gasteiger partial charge is 0.298 e. The van der Waals surface area contributed by atoms with Crippen LogP contribution in [0.1, 0.15) is 5.56 Å². The Kier molecular flexibility index (Phi) is 5.85. The zero-order valence-electron chi connectivity index (χ0n) is 13.6. The number of thiazole rings is 1. The van der Waals surface area contributed by atoms with E-state index in [9.17, 15) is 14.9 Å². The lowest BCUT2D eigenvalue weighted by atomic mass is 10.2. The Hall–Kier alpha value is -2.74. The summed E-state index contributed by atoms with van der Waals surface area (Å²) in [6.45, 7) is 0. The van der Waals surface area contributed by atoms with Gasteiger partial charge in [-0.05, 0) is 42.0 Å². The fourth-order valence-electron chi connectivity index (χ4n) is 2.17. The molecular weight excluding hydrogens is 409 g/mol. The molecule has 0 unspecified atom stereocenters. The van der Waals surface area contributed by atoms with Crippen LogP contribution in [0.3, 0.4) is 0 Å². The van der Waals surface area contributed by atoms with Crippen LogP contribution in [0.25, 0.3) is 17.3 Å². The number of carbonyl (C=O) groups is 1. The SMILES string of the molecule is O=C(C=Cc1ccc([N+](=O)[O-])cc1)Nc1nc(-c2cc(Cl)ccc2Cl)cs1. The van der Waals surface area contributed by atoms with E-state index in [0.29, 0.717) is 32.0 Å². The lowest BCUT2D eigenvalue weighted by Gasteiger charge is -2.01. The molecule has 6 nitrogen and oxygen atoms in total. The third-order valence-corrected chi connectivity index (χ3v) is 4.79. The first-order valence-electron chi connectivity index (χ1n) is 7.57. The van der Waals surface area contributed by atoms with Crippen LogP contribution in [0.5, 0.6) is 0 Å². The second kappa shape index (κ2) is 8.30. The van der Waals surface area contributed by atoms with Crippen LogP contribution in [0.2, 0.25) is 10.0 Å². The lowest BCUT2D eigenvalue weighted by molar-refractivity contribution is -0.384. The quantitative estimate of drug-likeness (QED) is 0.327. The van der Waals surface area contributed by atoms with Crippen molar-refractivity contribution in [1.82, 2.24) is 4.98 Å². The maximum absolute atomic E-state index is 12.0. The van der Waals surface area contributed by atoms with E-state index in [4.69, 9.17) is 23.2 Å². The first kappa shape index (κ1) is 19.0. The molecule has 1 N–H and O–H groups in total. The van der Waals surface area contributed by atoms with Crippen LogP contribution >= 0.6 is 34.5 Å². The summed E-state index contributed by atoms with van der Waals surface area (Å²) in [4.78, 5) is 26.5. The zero-order valence-corrected chi connectivity index (χ0v) is 15.9. The van der Waals surface area contributed by atoms with Crippen LogP contribution in [0, 0.1) is 10.1 Å². The maximum atomic E-state index is 12.0. The molecule has 0 bridgehead atoms. The van der Waals surface area contributed by atoms with Crippen molar-refractivity contribution in [1.29, 1.82) is 0 Å². The minimum Gasteiger partial charge on any atom is -0.298 e. The molecule has 0 aliphatic carbocycles. The molecule has 3 aromatic rings. The number of nitrogens with one attached hydrogen (secondary N) is 1. The second-order valence-corrected chi connectivity index (χ2v) is 7.04. The number of rotatable bonds is 5. The molecule has 0 aliphatic rings. The number of non-ortho nitro benzene ring substituents is 1. The Labute approximate surface area is 168 Å². The van der Waals surface area contributed by atoms with Gasteiger partial charge in [0, 0.05) is 34.2 Å². The Balaban J connectivity index is 1.67. The Morgan fingerprint density at radius 1 is 1.19 bits per heavy atom. The van der Waals surface area contributed by atoms with Gasteiger partial charge in [0.25, 0.3) is 5.69 Å². The van der Waals surface area contributed by atoms with Gasteiger partial charge >= 0.3 is 0 Å². The summed E-state index contributed by atoms with van der Waals surface area (Å²) in [5.74, 6) is -0.369. The molecule has 1 heterocycles. The number of hydrogen-bond acceptors (Lipinski definition) is 5. The average molecular weight is 420 g/mol. The van der Waals surface area contributed by atoms with Crippen molar-refractivity contribution in [3.63, 3.8) is 0 Å². The van der Waals surface area contributed by atoms with Crippen molar-refractivity contribution in [2.45, 2.75) is 0 Å². The number of nitro groups is 1. The summed E-state index contributed by atoms with van der Waals surface area (Å²) >= 11 is 13.4. The van der Waals surface area contributed by atoms with Gasteiger partial charge < -0.3 is 0 Å². The Morgan fingerprint density at radius 2 is 1.93 bits per heavy atom. The highest BCUT2D eigenvalue weighted by Crippen LogP contribution is 2.32. The highest BCUT2D eigenvalue weighted by atomic mass is 35.5. The third kappa shape index (κ3) is 4.91. The molecule has 0 saturated carbocycles. The van der Waals surface area contributed by atoms with Crippen molar-refractivity contribution in [2.24, 2.45) is 0 Å². The number of nitrogens with zero attached hydrogens (tertiary/aromatic N) is 2. The number of amides is 1. The number of anilines is 1. The summed E-state index contributed by atoms with van der Waals surface area (Å²) in [5, 5.41) is 16.5. The lowest BCUT2D eigenvalue weighted by Crippen LogP contribution is -2.07. The van der Waals surface area contributed by atoms with E-state index in [1.807, 2.05) is 0 Å². The monoisotopic (exact) mass is 419 g/mol. The molecule has 136 valence electrons. The fourth-order valence-corrected chi connectivity index (χ4v) is 3.27. The topological polar surface area (TPSA) is 85.1 Å². The average Bonchev–Trinajstić information content (AvgIpc) is 3.10. The molecule has 0 atom stereocenters. The van der Waals surface area contributed by atoms with Crippen molar-refractivity contribution >= 4 is 57.3 Å². The first-order valence-corrected chi connectivity index (χ1v) is 9.20. The highest BCUT2D eigenvalue weighted by molar-refractivity contribution is 7.14. The molecule has 0 radical (unpaired) electrons.